The number of hydrogen-bond acceptors (Lipinski definition) is 6. The highest BCUT2D eigenvalue weighted by atomic mass is 16.6. The van der Waals surface area contributed by atoms with Crippen LogP contribution in [0.15, 0.2) is 122 Å². The van der Waals surface area contributed by atoms with Crippen molar-refractivity contribution in [2.24, 2.45) is 0 Å². The van der Waals surface area contributed by atoms with Crippen molar-refractivity contribution in [2.75, 3.05) is 13.2 Å². The number of unbranched alkanes of at least 4 members (excludes halogenated alkanes) is 20. The molecule has 0 aliphatic heterocycles. The van der Waals surface area contributed by atoms with Crippen molar-refractivity contribution >= 4 is 17.9 Å². The summed E-state index contributed by atoms with van der Waals surface area (Å²) >= 11 is 0. The lowest BCUT2D eigenvalue weighted by molar-refractivity contribution is -0.167. The molecule has 71 heavy (non-hydrogen) atoms. The van der Waals surface area contributed by atoms with Crippen LogP contribution >= 0.6 is 0 Å². The maximum atomic E-state index is 12.9. The Morgan fingerprint density at radius 1 is 0.296 bits per heavy atom. The third-order valence-electron chi connectivity index (χ3n) is 11.9. The van der Waals surface area contributed by atoms with Gasteiger partial charge in [-0.2, -0.15) is 0 Å². The van der Waals surface area contributed by atoms with Crippen LogP contribution in [-0.2, 0) is 28.6 Å². The van der Waals surface area contributed by atoms with Gasteiger partial charge in [-0.25, -0.2) is 0 Å². The van der Waals surface area contributed by atoms with E-state index in [9.17, 15) is 14.4 Å². The van der Waals surface area contributed by atoms with Gasteiger partial charge in [0.25, 0.3) is 0 Å². The van der Waals surface area contributed by atoms with Crippen LogP contribution in [-0.4, -0.2) is 37.2 Å². The monoisotopic (exact) mass is 983 g/mol. The van der Waals surface area contributed by atoms with E-state index in [-0.39, 0.29) is 31.1 Å². The lowest BCUT2D eigenvalue weighted by Crippen LogP contribution is -2.30. The predicted molar refractivity (Wildman–Crippen MR) is 306 cm³/mol. The fraction of sp³-hybridized carbons (Fsp3) is 0.646. The Hall–Kier alpha value is -4.19. The van der Waals surface area contributed by atoms with Gasteiger partial charge in [-0.3, -0.25) is 14.4 Å². The average molecular weight is 984 g/mol. The molecule has 0 aliphatic rings. The summed E-state index contributed by atoms with van der Waals surface area (Å²) in [4.78, 5) is 38.1. The molecule has 0 N–H and O–H groups in total. The normalized spacial score (nSPS) is 13.0. The van der Waals surface area contributed by atoms with E-state index in [4.69, 9.17) is 14.2 Å². The number of rotatable bonds is 51. The van der Waals surface area contributed by atoms with Crippen LogP contribution in [0.1, 0.15) is 252 Å². The van der Waals surface area contributed by atoms with Crippen molar-refractivity contribution in [3.63, 3.8) is 0 Å². The highest BCUT2D eigenvalue weighted by Crippen LogP contribution is 2.14. The first-order chi connectivity index (χ1) is 35.0. The molecule has 0 aliphatic carbocycles. The van der Waals surface area contributed by atoms with Crippen LogP contribution in [0.2, 0.25) is 0 Å². The molecule has 0 saturated carbocycles. The van der Waals surface area contributed by atoms with Crippen LogP contribution in [0, 0.1) is 0 Å². The van der Waals surface area contributed by atoms with E-state index >= 15 is 0 Å². The quantitative estimate of drug-likeness (QED) is 0.0261. The van der Waals surface area contributed by atoms with Crippen molar-refractivity contribution in [3.05, 3.63) is 122 Å². The Kier molecular flexibility index (Phi) is 54.9. The number of ether oxygens (including phenoxy) is 3. The largest absolute Gasteiger partial charge is 0.462 e. The second-order valence-corrected chi connectivity index (χ2v) is 18.8. The Labute approximate surface area is 437 Å². The molecule has 0 aromatic carbocycles. The zero-order valence-electron chi connectivity index (χ0n) is 45.9. The van der Waals surface area contributed by atoms with Crippen LogP contribution in [0.4, 0.5) is 0 Å². The molecule has 0 saturated heterocycles. The smallest absolute Gasteiger partial charge is 0.306 e. The summed E-state index contributed by atoms with van der Waals surface area (Å²) in [5.74, 6) is -0.931. The number of carbonyl (C=O) groups excluding carboxylic acids is 3. The lowest BCUT2D eigenvalue weighted by Gasteiger charge is -2.18. The Balaban J connectivity index is 4.39. The predicted octanol–water partition coefficient (Wildman–Crippen LogP) is 19.6. The number of hydrogen-bond donors (Lipinski definition) is 0. The van der Waals surface area contributed by atoms with Gasteiger partial charge in [-0.15, -0.1) is 0 Å². The van der Waals surface area contributed by atoms with Gasteiger partial charge in [0, 0.05) is 19.3 Å². The van der Waals surface area contributed by atoms with Gasteiger partial charge in [0.15, 0.2) is 6.10 Å². The Bertz CT molecular complexity index is 1500. The topological polar surface area (TPSA) is 78.9 Å². The van der Waals surface area contributed by atoms with Gasteiger partial charge in [0.1, 0.15) is 13.2 Å². The Morgan fingerprint density at radius 2 is 0.549 bits per heavy atom. The van der Waals surface area contributed by atoms with Crippen LogP contribution in [0.25, 0.3) is 0 Å². The van der Waals surface area contributed by atoms with E-state index in [1.807, 2.05) is 0 Å². The molecule has 1 atom stereocenters. The van der Waals surface area contributed by atoms with E-state index < -0.39 is 6.10 Å². The van der Waals surface area contributed by atoms with E-state index in [1.54, 1.807) is 0 Å². The number of allylic oxidation sites excluding steroid dienone is 20. The molecule has 0 amide bonds. The van der Waals surface area contributed by atoms with Crippen molar-refractivity contribution in [1.29, 1.82) is 0 Å². The van der Waals surface area contributed by atoms with Gasteiger partial charge in [-0.1, -0.05) is 232 Å². The molecule has 0 bridgehead atoms. The minimum atomic E-state index is -0.797. The van der Waals surface area contributed by atoms with E-state index in [0.29, 0.717) is 19.3 Å². The third-order valence-corrected chi connectivity index (χ3v) is 11.9. The summed E-state index contributed by atoms with van der Waals surface area (Å²) in [7, 11) is 0. The molecule has 0 radical (unpaired) electrons. The van der Waals surface area contributed by atoms with Gasteiger partial charge < -0.3 is 14.2 Å². The van der Waals surface area contributed by atoms with Gasteiger partial charge in [-0.05, 0) is 122 Å². The van der Waals surface area contributed by atoms with Gasteiger partial charge in [0.2, 0.25) is 0 Å². The average Bonchev–Trinajstić information content (AvgIpc) is 3.37. The number of carbonyl (C=O) groups is 3. The number of esters is 3. The SMILES string of the molecule is CC/C=C\C/C=C\C/C=C\C/C=C\C/C=C\CCCCCCCCCC(=O)OCC(COC(=O)CCCCCCC/C=C\CCCC)OC(=O)CCCCCCCC/C=C\C/C=C\C/C=C\C/C=C\CC. The Morgan fingerprint density at radius 3 is 0.873 bits per heavy atom. The molecule has 0 spiro atoms. The van der Waals surface area contributed by atoms with Gasteiger partial charge >= 0.3 is 17.9 Å². The first-order valence-corrected chi connectivity index (χ1v) is 29.0. The fourth-order valence-corrected chi connectivity index (χ4v) is 7.62. The van der Waals surface area contributed by atoms with Crippen LogP contribution in [0.5, 0.6) is 0 Å². The molecular weight excluding hydrogens is 877 g/mol. The maximum absolute atomic E-state index is 12.9. The second kappa shape index (κ2) is 58.4. The molecule has 0 heterocycles. The molecule has 1 unspecified atom stereocenters. The third kappa shape index (κ3) is 56.6. The van der Waals surface area contributed by atoms with Crippen LogP contribution < -0.4 is 0 Å². The first-order valence-electron chi connectivity index (χ1n) is 29.0. The first kappa shape index (κ1) is 66.8. The highest BCUT2D eigenvalue weighted by Gasteiger charge is 2.19. The summed E-state index contributed by atoms with van der Waals surface area (Å²) < 4.78 is 16.8. The molecule has 402 valence electrons. The molecule has 0 aromatic heterocycles. The molecule has 0 aromatic rings. The van der Waals surface area contributed by atoms with Crippen LogP contribution in [0.3, 0.4) is 0 Å². The van der Waals surface area contributed by atoms with E-state index in [1.165, 1.54) is 64.2 Å². The summed E-state index contributed by atoms with van der Waals surface area (Å²) in [5, 5.41) is 0. The summed E-state index contributed by atoms with van der Waals surface area (Å²) in [5.41, 5.74) is 0. The minimum Gasteiger partial charge on any atom is -0.462 e. The van der Waals surface area contributed by atoms with E-state index in [0.717, 1.165) is 148 Å². The molecule has 6 nitrogen and oxygen atoms in total. The van der Waals surface area contributed by atoms with Crippen molar-refractivity contribution < 1.29 is 28.6 Å². The highest BCUT2D eigenvalue weighted by molar-refractivity contribution is 5.71. The molecular formula is C65H106O6. The van der Waals surface area contributed by atoms with E-state index in [2.05, 4.69) is 142 Å². The van der Waals surface area contributed by atoms with Crippen molar-refractivity contribution in [3.8, 4) is 0 Å². The van der Waals surface area contributed by atoms with Crippen molar-refractivity contribution in [2.45, 2.75) is 258 Å². The zero-order valence-corrected chi connectivity index (χ0v) is 45.9. The molecule has 6 heteroatoms. The zero-order chi connectivity index (χ0) is 51.4. The lowest BCUT2D eigenvalue weighted by atomic mass is 10.1. The molecule has 0 fully saturated rings. The fourth-order valence-electron chi connectivity index (χ4n) is 7.62. The standard InChI is InChI=1S/C65H106O6/c1-4-7-10-13-16-19-22-24-26-28-30-31-32-33-35-36-38-40-43-46-49-52-55-58-64(67)70-61-62(60-69-63(66)57-54-51-48-45-42-21-18-15-12-9-6-3)71-65(68)59-56-53-50-47-44-41-39-37-34-29-27-25-23-20-17-14-11-8-5-2/h7-8,10-11,15-20,24-27,30-31,33-35,37,62H,4-6,9,12-14,21-23,28-29,32,36,38-61H2,1-3H3/b10-7-,11-8-,18-15-,19-16-,20-17-,26-24-,27-25-,31-30-,35-33-,37-34-. The van der Waals surface area contributed by atoms with Gasteiger partial charge in [0.05, 0.1) is 0 Å². The second-order valence-electron chi connectivity index (χ2n) is 18.8. The molecule has 0 rings (SSSR count). The summed E-state index contributed by atoms with van der Waals surface area (Å²) in [6, 6.07) is 0. The minimum absolute atomic E-state index is 0.0947. The maximum Gasteiger partial charge on any atom is 0.306 e. The summed E-state index contributed by atoms with van der Waals surface area (Å²) in [6.45, 7) is 6.34. The van der Waals surface area contributed by atoms with Crippen molar-refractivity contribution in [1.82, 2.24) is 0 Å². The summed E-state index contributed by atoms with van der Waals surface area (Å²) in [6.07, 6.45) is 80.4.